The molecule has 2 amide bonds. The van der Waals surface area contributed by atoms with Gasteiger partial charge in [0.05, 0.1) is 17.0 Å². The van der Waals surface area contributed by atoms with Crippen molar-refractivity contribution >= 4 is 40.2 Å². The van der Waals surface area contributed by atoms with Crippen LogP contribution in [0.5, 0.6) is 0 Å². The number of amides is 2. The van der Waals surface area contributed by atoms with Gasteiger partial charge >= 0.3 is 0 Å². The van der Waals surface area contributed by atoms with E-state index in [9.17, 15) is 9.59 Å². The molecule has 3 aromatic rings. The molecule has 0 spiro atoms. The van der Waals surface area contributed by atoms with E-state index in [-0.39, 0.29) is 18.2 Å². The zero-order chi connectivity index (χ0) is 19.8. The van der Waals surface area contributed by atoms with Crippen LogP contribution in [0.2, 0.25) is 0 Å². The van der Waals surface area contributed by atoms with Gasteiger partial charge in [0.25, 0.3) is 0 Å². The summed E-state index contributed by atoms with van der Waals surface area (Å²) in [5.74, 6) is 0.201. The Morgan fingerprint density at radius 1 is 1.00 bits per heavy atom. The Morgan fingerprint density at radius 2 is 1.69 bits per heavy atom. The largest absolute Gasteiger partial charge is 0.354 e. The van der Waals surface area contributed by atoms with Crippen LogP contribution in [0.15, 0.2) is 48.5 Å². The summed E-state index contributed by atoms with van der Waals surface area (Å²) in [6.45, 7) is 1.79. The topological polar surface area (TPSA) is 87.2 Å². The molecule has 1 aromatic heterocycles. The minimum atomic E-state index is -0.556. The fourth-order valence-electron chi connectivity index (χ4n) is 4.07. The molecule has 2 aliphatic rings. The fraction of sp³-hybridized carbons (Fsp3) is 0.273. The number of carbonyl (C=O) groups is 2. The summed E-state index contributed by atoms with van der Waals surface area (Å²) in [7, 11) is 0. The van der Waals surface area contributed by atoms with Gasteiger partial charge in [-0.15, -0.1) is 0 Å². The van der Waals surface area contributed by atoms with E-state index in [1.165, 1.54) is 0 Å². The summed E-state index contributed by atoms with van der Waals surface area (Å²) < 4.78 is 0. The number of para-hydroxylation sites is 3. The maximum atomic E-state index is 13.2. The van der Waals surface area contributed by atoms with E-state index >= 15 is 0 Å². The van der Waals surface area contributed by atoms with Gasteiger partial charge in [0.15, 0.2) is 11.6 Å². The molecule has 0 bridgehead atoms. The minimum absolute atomic E-state index is 0.114. The summed E-state index contributed by atoms with van der Waals surface area (Å²) >= 11 is 0. The van der Waals surface area contributed by atoms with Crippen molar-refractivity contribution in [1.82, 2.24) is 9.97 Å². The molecule has 0 aliphatic carbocycles. The smallest absolute Gasteiger partial charge is 0.233 e. The first-order chi connectivity index (χ1) is 14.2. The Kier molecular flexibility index (Phi) is 4.35. The first-order valence-electron chi connectivity index (χ1n) is 9.90. The normalized spacial score (nSPS) is 18.4. The number of nitrogens with one attached hydrogen (secondary N) is 2. The number of hydrogen-bond donors (Lipinski definition) is 2. The number of hydrogen-bond acceptors (Lipinski definition) is 5. The Bertz CT molecular complexity index is 1110. The van der Waals surface area contributed by atoms with Crippen LogP contribution in [-0.2, 0) is 9.59 Å². The molecule has 3 heterocycles. The summed E-state index contributed by atoms with van der Waals surface area (Å²) in [5, 5.41) is 5.81. The first kappa shape index (κ1) is 17.6. The number of rotatable bonds is 3. The fourth-order valence-corrected chi connectivity index (χ4v) is 4.07. The number of anilines is 3. The lowest BCUT2D eigenvalue weighted by Gasteiger charge is -2.26. The lowest BCUT2D eigenvalue weighted by Crippen LogP contribution is -2.31. The lowest BCUT2D eigenvalue weighted by molar-refractivity contribution is -0.123. The van der Waals surface area contributed by atoms with E-state index in [2.05, 4.69) is 15.5 Å². The van der Waals surface area contributed by atoms with Crippen LogP contribution >= 0.6 is 0 Å². The zero-order valence-corrected chi connectivity index (χ0v) is 15.9. The van der Waals surface area contributed by atoms with Crippen molar-refractivity contribution in [1.29, 1.82) is 0 Å². The second kappa shape index (κ2) is 7.16. The molecule has 29 heavy (non-hydrogen) atoms. The Morgan fingerprint density at radius 3 is 2.48 bits per heavy atom. The molecular weight excluding hydrogens is 366 g/mol. The molecule has 1 unspecified atom stereocenters. The van der Waals surface area contributed by atoms with Crippen LogP contribution in [-0.4, -0.2) is 34.9 Å². The van der Waals surface area contributed by atoms with Crippen molar-refractivity contribution in [2.45, 2.75) is 25.2 Å². The SMILES string of the molecule is O=C1CC(C(=O)Nc2nc3ccccc3nc2N2CCCC2)c2ccccc2N1. The van der Waals surface area contributed by atoms with Crippen LogP contribution in [0.25, 0.3) is 11.0 Å². The zero-order valence-electron chi connectivity index (χ0n) is 15.9. The number of carbonyl (C=O) groups excluding carboxylic acids is 2. The Balaban J connectivity index is 1.52. The van der Waals surface area contributed by atoms with Gasteiger partial charge in [-0.2, -0.15) is 0 Å². The molecule has 2 aromatic carbocycles. The van der Waals surface area contributed by atoms with Crippen molar-refractivity contribution in [3.63, 3.8) is 0 Å². The Labute approximate surface area is 168 Å². The van der Waals surface area contributed by atoms with Gasteiger partial charge in [0, 0.05) is 25.2 Å². The molecule has 2 aliphatic heterocycles. The number of fused-ring (bicyclic) bond motifs is 2. The quantitative estimate of drug-likeness (QED) is 0.720. The molecule has 1 saturated heterocycles. The molecular formula is C22H21N5O2. The van der Waals surface area contributed by atoms with Gasteiger partial charge in [-0.05, 0) is 36.6 Å². The molecule has 0 saturated carbocycles. The second-order valence-electron chi connectivity index (χ2n) is 7.46. The molecule has 146 valence electrons. The number of nitrogens with zero attached hydrogens (tertiary/aromatic N) is 3. The second-order valence-corrected chi connectivity index (χ2v) is 7.46. The van der Waals surface area contributed by atoms with Crippen molar-refractivity contribution in [3.05, 3.63) is 54.1 Å². The van der Waals surface area contributed by atoms with Crippen LogP contribution in [0.1, 0.15) is 30.7 Å². The van der Waals surface area contributed by atoms with Crippen molar-refractivity contribution in [2.75, 3.05) is 28.6 Å². The van der Waals surface area contributed by atoms with E-state index in [4.69, 9.17) is 9.97 Å². The minimum Gasteiger partial charge on any atom is -0.354 e. The molecule has 7 nitrogen and oxygen atoms in total. The maximum Gasteiger partial charge on any atom is 0.233 e. The molecule has 7 heteroatoms. The molecule has 1 atom stereocenters. The molecule has 1 fully saturated rings. The standard InChI is InChI=1S/C22H21N5O2/c28-19-13-15(14-7-1-2-8-16(14)23-19)22(29)26-20-21(27-11-5-6-12-27)25-18-10-4-3-9-17(18)24-20/h1-4,7-10,15H,5-6,11-13H2,(H,23,28)(H,24,26,29). The lowest BCUT2D eigenvalue weighted by atomic mass is 9.90. The number of aromatic nitrogens is 2. The predicted octanol–water partition coefficient (Wildman–Crippen LogP) is 3.29. The predicted molar refractivity (Wildman–Crippen MR) is 112 cm³/mol. The molecule has 0 radical (unpaired) electrons. The Hall–Kier alpha value is -3.48. The summed E-state index contributed by atoms with van der Waals surface area (Å²) in [6, 6.07) is 15.1. The summed E-state index contributed by atoms with van der Waals surface area (Å²) in [5.41, 5.74) is 3.04. The van der Waals surface area contributed by atoms with Crippen molar-refractivity contribution < 1.29 is 9.59 Å². The van der Waals surface area contributed by atoms with E-state index in [0.29, 0.717) is 17.3 Å². The van der Waals surface area contributed by atoms with E-state index in [0.717, 1.165) is 42.5 Å². The van der Waals surface area contributed by atoms with Crippen molar-refractivity contribution in [3.8, 4) is 0 Å². The van der Waals surface area contributed by atoms with Gasteiger partial charge in [-0.1, -0.05) is 30.3 Å². The van der Waals surface area contributed by atoms with E-state index in [1.807, 2.05) is 48.5 Å². The average molecular weight is 387 g/mol. The van der Waals surface area contributed by atoms with Crippen LogP contribution in [0.3, 0.4) is 0 Å². The molecule has 2 N–H and O–H groups in total. The summed E-state index contributed by atoms with van der Waals surface area (Å²) in [6.07, 6.45) is 2.30. The third-order valence-corrected chi connectivity index (χ3v) is 5.52. The highest BCUT2D eigenvalue weighted by Gasteiger charge is 2.31. The third-order valence-electron chi connectivity index (χ3n) is 5.52. The van der Waals surface area contributed by atoms with Gasteiger partial charge < -0.3 is 15.5 Å². The van der Waals surface area contributed by atoms with E-state index in [1.54, 1.807) is 0 Å². The van der Waals surface area contributed by atoms with E-state index < -0.39 is 5.92 Å². The van der Waals surface area contributed by atoms with Crippen LogP contribution < -0.4 is 15.5 Å². The molecule has 5 rings (SSSR count). The van der Waals surface area contributed by atoms with Gasteiger partial charge in [0.2, 0.25) is 11.8 Å². The highest BCUT2D eigenvalue weighted by Crippen LogP contribution is 2.34. The summed E-state index contributed by atoms with van der Waals surface area (Å²) in [4.78, 5) is 37.0. The van der Waals surface area contributed by atoms with Gasteiger partial charge in [-0.25, -0.2) is 9.97 Å². The monoisotopic (exact) mass is 387 g/mol. The number of benzene rings is 2. The van der Waals surface area contributed by atoms with Gasteiger partial charge in [0.1, 0.15) is 0 Å². The van der Waals surface area contributed by atoms with Crippen LogP contribution in [0, 0.1) is 0 Å². The third kappa shape index (κ3) is 3.29. The average Bonchev–Trinajstić information content (AvgIpc) is 3.27. The van der Waals surface area contributed by atoms with Crippen molar-refractivity contribution in [2.24, 2.45) is 0 Å². The highest BCUT2D eigenvalue weighted by atomic mass is 16.2. The van der Waals surface area contributed by atoms with Gasteiger partial charge in [-0.3, -0.25) is 9.59 Å². The maximum absolute atomic E-state index is 13.2. The first-order valence-corrected chi connectivity index (χ1v) is 9.90. The van der Waals surface area contributed by atoms with Crippen LogP contribution in [0.4, 0.5) is 17.3 Å². The highest BCUT2D eigenvalue weighted by molar-refractivity contribution is 6.05.